The second-order valence-electron chi connectivity index (χ2n) is 21.8. The number of carbonyl (C=O) groups is 12. The quantitative estimate of drug-likeness (QED) is 0.0170. The highest BCUT2D eigenvalue weighted by Gasteiger charge is 2.40. The molecule has 87 heavy (non-hydrogen) atoms. The lowest BCUT2D eigenvalue weighted by atomic mass is 9.99. The zero-order valence-electron chi connectivity index (χ0n) is 49.9. The third-order valence-electron chi connectivity index (χ3n) is 14.2. The molecule has 2 aromatic heterocycles. The maximum atomic E-state index is 14.2. The van der Waals surface area contributed by atoms with E-state index in [1.165, 1.54) is 50.7 Å². The fraction of sp³-hybridized carbons (Fsp3) is 0.642. The van der Waals surface area contributed by atoms with Gasteiger partial charge in [0.1, 0.15) is 66.5 Å². The van der Waals surface area contributed by atoms with Gasteiger partial charge in [-0.15, -0.1) is 0 Å². The molecule has 0 bridgehead atoms. The van der Waals surface area contributed by atoms with Gasteiger partial charge in [-0.05, 0) is 71.1 Å². The van der Waals surface area contributed by atoms with Crippen LogP contribution >= 0.6 is 0 Å². The largest absolute Gasteiger partial charge is 0.480 e. The maximum Gasteiger partial charge on any atom is 0.326 e. The van der Waals surface area contributed by atoms with Gasteiger partial charge in [0, 0.05) is 56.1 Å². The minimum absolute atomic E-state index is 0.0215. The number of H-pyrrole nitrogens is 2. The van der Waals surface area contributed by atoms with Crippen molar-refractivity contribution in [2.75, 3.05) is 19.7 Å². The summed E-state index contributed by atoms with van der Waals surface area (Å²) >= 11 is 0. The molecule has 0 saturated carbocycles. The Morgan fingerprint density at radius 1 is 0.655 bits per heavy atom. The number of likely N-dealkylation sites (tertiary alicyclic amines) is 1. The normalized spacial score (nSPS) is 17.1. The van der Waals surface area contributed by atoms with Crippen LogP contribution in [0.3, 0.4) is 0 Å². The number of amides is 11. The Balaban J connectivity index is 1.83. The summed E-state index contributed by atoms with van der Waals surface area (Å²) in [6, 6.07) is -15.5. The number of hydrogen-bond donors (Lipinski definition) is 18. The van der Waals surface area contributed by atoms with E-state index in [-0.39, 0.29) is 69.9 Å². The van der Waals surface area contributed by atoms with Crippen LogP contribution in [0.25, 0.3) is 0 Å². The monoisotopic (exact) mass is 1230 g/mol. The number of carbonyl (C=O) groups excluding carboxylic acids is 11. The van der Waals surface area contributed by atoms with Gasteiger partial charge in [-0.3, -0.25) is 57.7 Å². The molecule has 0 unspecified atom stereocenters. The molecule has 22 N–H and O–H groups in total. The Morgan fingerprint density at radius 3 is 1.64 bits per heavy atom. The van der Waals surface area contributed by atoms with Gasteiger partial charge in [-0.1, -0.05) is 34.1 Å². The molecular formula is C53H87N19O15. The van der Waals surface area contributed by atoms with Gasteiger partial charge in [0.2, 0.25) is 65.0 Å². The van der Waals surface area contributed by atoms with E-state index in [0.717, 1.165) is 0 Å². The smallest absolute Gasteiger partial charge is 0.326 e. The molecule has 0 spiro atoms. The maximum absolute atomic E-state index is 14.2. The summed E-state index contributed by atoms with van der Waals surface area (Å²) in [5.41, 5.74) is 22.9. The number of rotatable bonds is 37. The average molecular weight is 1230 g/mol. The van der Waals surface area contributed by atoms with Gasteiger partial charge >= 0.3 is 5.97 Å². The molecule has 34 heteroatoms. The van der Waals surface area contributed by atoms with Crippen molar-refractivity contribution in [3.05, 3.63) is 36.4 Å². The molecule has 2 aromatic rings. The number of nitrogens with zero attached hydrogens (tertiary/aromatic N) is 4. The predicted molar refractivity (Wildman–Crippen MR) is 310 cm³/mol. The zero-order chi connectivity index (χ0) is 65.2. The number of aliphatic hydroxyl groups is 2. The van der Waals surface area contributed by atoms with Crippen LogP contribution in [0.5, 0.6) is 0 Å². The van der Waals surface area contributed by atoms with Crippen LogP contribution in [0.15, 0.2) is 30.0 Å². The van der Waals surface area contributed by atoms with E-state index >= 15 is 0 Å². The molecular weight excluding hydrogens is 1140 g/mol. The summed E-state index contributed by atoms with van der Waals surface area (Å²) in [6.45, 7) is 9.97. The number of aliphatic hydroxyl groups excluding tert-OH is 2. The van der Waals surface area contributed by atoms with Crippen LogP contribution < -0.4 is 70.8 Å². The third kappa shape index (κ3) is 23.9. The van der Waals surface area contributed by atoms with E-state index in [9.17, 15) is 72.9 Å². The topological polar surface area (TPSA) is 551 Å². The van der Waals surface area contributed by atoms with Crippen LogP contribution in [-0.2, 0) is 70.4 Å². The van der Waals surface area contributed by atoms with Gasteiger partial charge in [0.25, 0.3) is 0 Å². The van der Waals surface area contributed by atoms with Crippen LogP contribution in [0.1, 0.15) is 111 Å². The van der Waals surface area contributed by atoms with Crippen molar-refractivity contribution in [1.29, 1.82) is 0 Å². The number of aliphatic imine (C=N–C) groups is 1. The van der Waals surface area contributed by atoms with Crippen molar-refractivity contribution < 1.29 is 72.9 Å². The lowest BCUT2D eigenvalue weighted by molar-refractivity contribution is -0.143. The molecule has 0 aromatic carbocycles. The summed E-state index contributed by atoms with van der Waals surface area (Å²) in [5.74, 6) is -12.2. The third-order valence-corrected chi connectivity index (χ3v) is 14.2. The van der Waals surface area contributed by atoms with Crippen molar-refractivity contribution in [3.8, 4) is 0 Å². The number of nitrogens with one attached hydrogen (secondary N) is 11. The van der Waals surface area contributed by atoms with Crippen molar-refractivity contribution in [3.63, 3.8) is 0 Å². The van der Waals surface area contributed by atoms with Gasteiger partial charge < -0.3 is 101 Å². The van der Waals surface area contributed by atoms with Gasteiger partial charge in [0.05, 0.1) is 25.4 Å². The van der Waals surface area contributed by atoms with Crippen molar-refractivity contribution in [2.45, 2.75) is 185 Å². The number of aromatic amines is 2. The first kappa shape index (κ1) is 72.5. The molecule has 3 heterocycles. The first-order valence-corrected chi connectivity index (χ1v) is 28.6. The van der Waals surface area contributed by atoms with Crippen LogP contribution in [-0.4, -0.2) is 209 Å². The molecule has 1 aliphatic heterocycles. The number of aromatic nitrogens is 4. The fourth-order valence-corrected chi connectivity index (χ4v) is 9.03. The number of hydrogen-bond acceptors (Lipinski definition) is 18. The highest BCUT2D eigenvalue weighted by molar-refractivity contribution is 5.99. The molecule has 3 rings (SSSR count). The summed E-state index contributed by atoms with van der Waals surface area (Å²) in [7, 11) is 0. The van der Waals surface area contributed by atoms with Crippen molar-refractivity contribution >= 4 is 76.9 Å². The molecule has 13 atom stereocenters. The van der Waals surface area contributed by atoms with E-state index in [1.54, 1.807) is 27.7 Å². The molecule has 484 valence electrons. The highest BCUT2D eigenvalue weighted by Crippen LogP contribution is 2.19. The molecule has 1 fully saturated rings. The SMILES string of the molecule is CC[C@H](C)[C@H](NC(=O)[C@H](C)NC(=O)[C@H](CCC(N)=O)NC(=O)[C@H](CCCN=C(N)N)NC(=O)[C@H](CC(C)C)NC(=O)[C@H](C)NC(=O)[C@@H](NC(=O)[C@H](Cc1cnc[nH]1)NC(=O)[C@H](Cc1cnc[nH]1)NC(=O)[C@@H]1CCCN1C(=O)[C@@H](N)CO)[C@@H](C)O)C(=O)O. The molecule has 1 aliphatic rings. The number of aliphatic carboxylic acids is 1. The van der Waals surface area contributed by atoms with Crippen LogP contribution in [0.2, 0.25) is 0 Å². The second kappa shape index (κ2) is 35.6. The van der Waals surface area contributed by atoms with Crippen molar-refractivity contribution in [1.82, 2.24) is 72.7 Å². The second-order valence-corrected chi connectivity index (χ2v) is 21.8. The minimum Gasteiger partial charge on any atom is -0.480 e. The first-order chi connectivity index (χ1) is 41.0. The molecule has 1 saturated heterocycles. The fourth-order valence-electron chi connectivity index (χ4n) is 9.03. The Morgan fingerprint density at radius 2 is 1.14 bits per heavy atom. The number of imidazole rings is 2. The van der Waals surface area contributed by atoms with Crippen LogP contribution in [0.4, 0.5) is 0 Å². The number of carboxylic acids is 1. The van der Waals surface area contributed by atoms with E-state index in [2.05, 4.69) is 72.8 Å². The highest BCUT2D eigenvalue weighted by atomic mass is 16.4. The first-order valence-electron chi connectivity index (χ1n) is 28.6. The zero-order valence-corrected chi connectivity index (χ0v) is 49.9. The summed E-state index contributed by atoms with van der Waals surface area (Å²) in [6.07, 6.45) is 3.48. The van der Waals surface area contributed by atoms with Gasteiger partial charge in [0.15, 0.2) is 5.96 Å². The Labute approximate surface area is 502 Å². The van der Waals surface area contributed by atoms with Gasteiger partial charge in [-0.2, -0.15) is 0 Å². The van der Waals surface area contributed by atoms with E-state index in [4.69, 9.17) is 22.9 Å². The lowest BCUT2D eigenvalue weighted by Gasteiger charge is -2.29. The minimum atomic E-state index is -1.79. The van der Waals surface area contributed by atoms with Gasteiger partial charge in [-0.25, -0.2) is 14.8 Å². The van der Waals surface area contributed by atoms with Crippen molar-refractivity contribution in [2.24, 2.45) is 39.8 Å². The Hall–Kier alpha value is -8.79. The average Bonchev–Trinajstić information content (AvgIpc) is 4.09. The molecule has 11 amide bonds. The lowest BCUT2D eigenvalue weighted by Crippen LogP contribution is -2.62. The van der Waals surface area contributed by atoms with E-state index in [0.29, 0.717) is 24.2 Å². The number of nitrogens with two attached hydrogens (primary N) is 4. The number of carboxylic acid groups (broad SMARTS) is 1. The number of guanidine groups is 1. The van der Waals surface area contributed by atoms with E-state index < -0.39 is 162 Å². The molecule has 34 nitrogen and oxygen atoms in total. The predicted octanol–water partition coefficient (Wildman–Crippen LogP) is -6.49. The summed E-state index contributed by atoms with van der Waals surface area (Å²) in [4.78, 5) is 180. The standard InChI is InChI=1S/C53H87N19O15/c1-8-26(4)40(52(86)87)70-43(77)28(6)63-44(78)34(13-14-39(55)75)66-45(79)33(11-9-15-60-53(56)57)65-46(80)35(17-25(2)3)67-42(76)27(5)64-50(84)41(29(7)74)71-48(82)37(19-31-21-59-24-62-31)68-47(81)36(18-30-20-58-23-61-30)69-49(83)38-12-10-16-72(38)51(85)32(54)22-73/h20-21,23-29,32-38,40-41,73-74H,8-19,22,54H2,1-7H3,(H2,55,75)(H,58,61)(H,59,62)(H,63,78)(H,64,84)(H,65,80)(H,66,79)(H,67,76)(H,68,81)(H,69,83)(H,70,77)(H,71,82)(H,86,87)(H4,56,57,60)/t26-,27-,28-,29+,32-,33-,34-,35-,36-,37-,38-,40-,41-/m0/s1. The Bertz CT molecular complexity index is 2690. The molecule has 0 aliphatic carbocycles. The van der Waals surface area contributed by atoms with Crippen LogP contribution in [0, 0.1) is 11.8 Å². The summed E-state index contributed by atoms with van der Waals surface area (Å²) in [5, 5.41) is 52.6. The number of primary amides is 1. The molecule has 0 radical (unpaired) electrons. The summed E-state index contributed by atoms with van der Waals surface area (Å²) < 4.78 is 0. The Kier molecular flexibility index (Phi) is 29.7. The van der Waals surface area contributed by atoms with E-state index in [1.807, 2.05) is 0 Å².